The summed E-state index contributed by atoms with van der Waals surface area (Å²) in [5, 5.41) is 4.02. The molecule has 0 aliphatic heterocycles. The maximum atomic E-state index is 13.0. The molecular formula is C22H20BrClFNO2. The van der Waals surface area contributed by atoms with Crippen LogP contribution in [0.1, 0.15) is 16.7 Å². The van der Waals surface area contributed by atoms with E-state index in [2.05, 4.69) is 21.2 Å². The van der Waals surface area contributed by atoms with Crippen LogP contribution in [0.25, 0.3) is 0 Å². The third kappa shape index (κ3) is 5.47. The third-order valence-corrected chi connectivity index (χ3v) is 5.34. The Kier molecular flexibility index (Phi) is 7.31. The molecule has 0 unspecified atom stereocenters. The summed E-state index contributed by atoms with van der Waals surface area (Å²) < 4.78 is 25.3. The van der Waals surface area contributed by atoms with Gasteiger partial charge in [-0.2, -0.15) is 0 Å². The summed E-state index contributed by atoms with van der Waals surface area (Å²) in [6.07, 6.45) is 0. The van der Waals surface area contributed by atoms with Crippen molar-refractivity contribution < 1.29 is 13.9 Å². The van der Waals surface area contributed by atoms with E-state index in [0.717, 1.165) is 21.2 Å². The number of nitrogens with one attached hydrogen (secondary N) is 1. The van der Waals surface area contributed by atoms with Gasteiger partial charge < -0.3 is 14.8 Å². The van der Waals surface area contributed by atoms with Crippen LogP contribution in [0, 0.1) is 5.82 Å². The largest absolute Gasteiger partial charge is 0.493 e. The molecule has 3 nitrogen and oxygen atoms in total. The first kappa shape index (κ1) is 20.6. The minimum atomic E-state index is -0.233. The third-order valence-electron chi connectivity index (χ3n) is 4.23. The van der Waals surface area contributed by atoms with Gasteiger partial charge in [0.05, 0.1) is 7.11 Å². The van der Waals surface area contributed by atoms with Gasteiger partial charge in [-0.05, 0) is 41.5 Å². The van der Waals surface area contributed by atoms with Gasteiger partial charge in [-0.25, -0.2) is 4.39 Å². The number of hydrogen-bond acceptors (Lipinski definition) is 3. The van der Waals surface area contributed by atoms with E-state index in [4.69, 9.17) is 21.1 Å². The summed E-state index contributed by atoms with van der Waals surface area (Å²) in [5.74, 6) is 1.05. The van der Waals surface area contributed by atoms with Gasteiger partial charge in [-0.1, -0.05) is 57.9 Å². The number of rotatable bonds is 8. The van der Waals surface area contributed by atoms with Gasteiger partial charge in [0.15, 0.2) is 11.5 Å². The molecule has 0 aromatic heterocycles. The van der Waals surface area contributed by atoms with Crippen LogP contribution in [0.3, 0.4) is 0 Å². The second kappa shape index (κ2) is 9.92. The molecule has 0 aliphatic rings. The molecule has 3 aromatic carbocycles. The summed E-state index contributed by atoms with van der Waals surface area (Å²) in [6, 6.07) is 17.9. The quantitative estimate of drug-likeness (QED) is 0.436. The second-order valence-electron chi connectivity index (χ2n) is 6.20. The van der Waals surface area contributed by atoms with Crippen LogP contribution in [0.4, 0.5) is 4.39 Å². The smallest absolute Gasteiger partial charge is 0.162 e. The molecule has 6 heteroatoms. The molecule has 3 rings (SSSR count). The molecule has 3 aromatic rings. The predicted molar refractivity (Wildman–Crippen MR) is 113 cm³/mol. The fourth-order valence-corrected chi connectivity index (χ4v) is 3.35. The molecule has 0 bridgehead atoms. The number of ether oxygens (including phenoxy) is 2. The molecule has 0 aliphatic carbocycles. The molecule has 0 radical (unpaired) electrons. The summed E-state index contributed by atoms with van der Waals surface area (Å²) >= 11 is 9.78. The monoisotopic (exact) mass is 463 g/mol. The van der Waals surface area contributed by atoms with Crippen molar-refractivity contribution in [2.45, 2.75) is 19.7 Å². The number of hydrogen-bond donors (Lipinski definition) is 1. The highest BCUT2D eigenvalue weighted by atomic mass is 79.9. The normalized spacial score (nSPS) is 10.7. The molecule has 0 fully saturated rings. The number of halogens is 3. The lowest BCUT2D eigenvalue weighted by molar-refractivity contribution is 0.284. The Morgan fingerprint density at radius 1 is 0.964 bits per heavy atom. The fraction of sp³-hybridized carbons (Fsp3) is 0.182. The molecule has 0 amide bonds. The van der Waals surface area contributed by atoms with Crippen molar-refractivity contribution in [1.29, 1.82) is 0 Å². The minimum absolute atomic E-state index is 0.233. The Morgan fingerprint density at radius 3 is 2.43 bits per heavy atom. The first-order valence-corrected chi connectivity index (χ1v) is 9.91. The highest BCUT2D eigenvalue weighted by molar-refractivity contribution is 9.10. The molecular weight excluding hydrogens is 445 g/mol. The van der Waals surface area contributed by atoms with Crippen molar-refractivity contribution in [2.75, 3.05) is 7.11 Å². The zero-order valence-corrected chi connectivity index (χ0v) is 17.7. The van der Waals surface area contributed by atoms with Crippen LogP contribution in [0.15, 0.2) is 65.1 Å². The molecule has 0 atom stereocenters. The lowest BCUT2D eigenvalue weighted by atomic mass is 10.1. The Hall–Kier alpha value is -2.08. The molecule has 28 heavy (non-hydrogen) atoms. The maximum absolute atomic E-state index is 13.0. The van der Waals surface area contributed by atoms with Crippen molar-refractivity contribution in [2.24, 2.45) is 0 Å². The average Bonchev–Trinajstić information content (AvgIpc) is 2.70. The van der Waals surface area contributed by atoms with Crippen LogP contribution in [-0.2, 0) is 19.7 Å². The molecule has 146 valence electrons. The van der Waals surface area contributed by atoms with Crippen LogP contribution in [-0.4, -0.2) is 7.11 Å². The predicted octanol–water partition coefficient (Wildman–Crippen LogP) is 6.12. The van der Waals surface area contributed by atoms with E-state index in [-0.39, 0.29) is 5.82 Å². The molecule has 0 spiro atoms. The van der Waals surface area contributed by atoms with Crippen molar-refractivity contribution in [1.82, 2.24) is 5.32 Å². The summed E-state index contributed by atoms with van der Waals surface area (Å²) in [4.78, 5) is 0. The van der Waals surface area contributed by atoms with Crippen molar-refractivity contribution >= 4 is 27.5 Å². The van der Waals surface area contributed by atoms with Crippen LogP contribution in [0.5, 0.6) is 11.5 Å². The Labute approximate surface area is 177 Å². The summed E-state index contributed by atoms with van der Waals surface area (Å²) in [7, 11) is 1.61. The average molecular weight is 465 g/mol. The van der Waals surface area contributed by atoms with E-state index >= 15 is 0 Å². The van der Waals surface area contributed by atoms with Crippen LogP contribution in [0.2, 0.25) is 5.02 Å². The van der Waals surface area contributed by atoms with Crippen molar-refractivity contribution in [3.63, 3.8) is 0 Å². The van der Waals surface area contributed by atoms with Crippen LogP contribution < -0.4 is 14.8 Å². The molecule has 0 saturated carbocycles. The van der Waals surface area contributed by atoms with E-state index in [1.54, 1.807) is 19.2 Å². The lowest BCUT2D eigenvalue weighted by Gasteiger charge is -2.15. The van der Waals surface area contributed by atoms with Gasteiger partial charge in [0, 0.05) is 28.1 Å². The van der Waals surface area contributed by atoms with Gasteiger partial charge in [-0.15, -0.1) is 0 Å². The Bertz CT molecular complexity index is 934. The highest BCUT2D eigenvalue weighted by Gasteiger charge is 2.11. The second-order valence-corrected chi connectivity index (χ2v) is 7.47. The van der Waals surface area contributed by atoms with Crippen molar-refractivity contribution in [3.05, 3.63) is 92.7 Å². The van der Waals surface area contributed by atoms with E-state index in [0.29, 0.717) is 36.2 Å². The van der Waals surface area contributed by atoms with Crippen molar-refractivity contribution in [3.8, 4) is 11.5 Å². The highest BCUT2D eigenvalue weighted by Crippen LogP contribution is 2.34. The SMILES string of the molecule is COc1cc(CNCc2ccc(F)cc2)c(Br)cc1OCc1ccccc1Cl. The Balaban J connectivity index is 1.65. The standard InChI is InChI=1S/C22H20BrClFNO2/c1-27-21-10-17(13-26-12-15-6-8-18(25)9-7-15)19(23)11-22(21)28-14-16-4-2-3-5-20(16)24/h2-11,26H,12-14H2,1H3. The Morgan fingerprint density at radius 2 is 1.71 bits per heavy atom. The van der Waals surface area contributed by atoms with Crippen LogP contribution >= 0.6 is 27.5 Å². The van der Waals surface area contributed by atoms with Gasteiger partial charge in [0.2, 0.25) is 0 Å². The zero-order chi connectivity index (χ0) is 19.9. The van der Waals surface area contributed by atoms with Gasteiger partial charge in [0.1, 0.15) is 12.4 Å². The fourth-order valence-electron chi connectivity index (χ4n) is 2.70. The van der Waals surface area contributed by atoms with E-state index in [1.807, 2.05) is 36.4 Å². The van der Waals surface area contributed by atoms with E-state index in [1.165, 1.54) is 12.1 Å². The maximum Gasteiger partial charge on any atom is 0.162 e. The topological polar surface area (TPSA) is 30.5 Å². The summed E-state index contributed by atoms with van der Waals surface area (Å²) in [6.45, 7) is 1.61. The van der Waals surface area contributed by atoms with Gasteiger partial charge in [0.25, 0.3) is 0 Å². The van der Waals surface area contributed by atoms with Gasteiger partial charge in [-0.3, -0.25) is 0 Å². The molecule has 1 N–H and O–H groups in total. The first-order chi connectivity index (χ1) is 13.6. The zero-order valence-electron chi connectivity index (χ0n) is 15.3. The van der Waals surface area contributed by atoms with Gasteiger partial charge >= 0.3 is 0 Å². The molecule has 0 heterocycles. The molecule has 0 saturated heterocycles. The number of benzene rings is 3. The minimum Gasteiger partial charge on any atom is -0.493 e. The lowest BCUT2D eigenvalue weighted by Crippen LogP contribution is -2.13. The van der Waals surface area contributed by atoms with E-state index in [9.17, 15) is 4.39 Å². The van der Waals surface area contributed by atoms with E-state index < -0.39 is 0 Å². The number of methoxy groups -OCH3 is 1. The summed E-state index contributed by atoms with van der Waals surface area (Å²) in [5.41, 5.74) is 2.96. The first-order valence-electron chi connectivity index (χ1n) is 8.74.